The van der Waals surface area contributed by atoms with Crippen molar-refractivity contribution in [3.63, 3.8) is 0 Å². The first-order chi connectivity index (χ1) is 12.7. The van der Waals surface area contributed by atoms with Crippen LogP contribution in [-0.2, 0) is 0 Å². The maximum atomic E-state index is 12.8. The molecule has 1 N–H and O–H groups in total. The fourth-order valence-electron chi connectivity index (χ4n) is 4.38. The van der Waals surface area contributed by atoms with Crippen molar-refractivity contribution < 1.29 is 9.59 Å². The van der Waals surface area contributed by atoms with Crippen molar-refractivity contribution in [2.45, 2.75) is 29.8 Å². The van der Waals surface area contributed by atoms with Gasteiger partial charge in [-0.3, -0.25) is 14.5 Å². The number of nitrogens with one attached hydrogen (secondary N) is 1. The third kappa shape index (κ3) is 2.34. The van der Waals surface area contributed by atoms with Gasteiger partial charge in [0.2, 0.25) is 5.95 Å². The number of carbonyl (C=O) groups is 2. The third-order valence-electron chi connectivity index (χ3n) is 5.73. The molecular weight excluding hydrogens is 348 g/mol. The molecule has 0 radical (unpaired) electrons. The molecule has 5 rings (SSSR count). The summed E-state index contributed by atoms with van der Waals surface area (Å²) in [7, 11) is 0. The molecule has 4 atom stereocenters. The number of nitrogens with zero attached hydrogens (tertiary/aromatic N) is 3. The van der Waals surface area contributed by atoms with E-state index in [1.807, 2.05) is 18.4 Å². The lowest BCUT2D eigenvalue weighted by Crippen LogP contribution is -2.41. The van der Waals surface area contributed by atoms with Gasteiger partial charge in [0.25, 0.3) is 11.8 Å². The number of hydrogen-bond donors (Lipinski definition) is 1. The summed E-state index contributed by atoms with van der Waals surface area (Å²) in [6.07, 6.45) is 7.40. The lowest BCUT2D eigenvalue weighted by atomic mass is 10.1. The van der Waals surface area contributed by atoms with E-state index in [-0.39, 0.29) is 23.9 Å². The Kier molecular flexibility index (Phi) is 3.53. The van der Waals surface area contributed by atoms with Crippen LogP contribution in [0.4, 0.5) is 5.95 Å². The van der Waals surface area contributed by atoms with Crippen molar-refractivity contribution in [2.75, 3.05) is 11.6 Å². The van der Waals surface area contributed by atoms with Crippen molar-refractivity contribution in [1.82, 2.24) is 14.9 Å². The molecule has 2 aliphatic carbocycles. The van der Waals surface area contributed by atoms with Crippen LogP contribution in [0.3, 0.4) is 0 Å². The van der Waals surface area contributed by atoms with Crippen LogP contribution in [0.25, 0.3) is 0 Å². The largest absolute Gasteiger partial charge is 0.351 e. The first-order valence-corrected chi connectivity index (χ1v) is 9.99. The summed E-state index contributed by atoms with van der Waals surface area (Å²) in [6.45, 7) is 0. The average molecular weight is 366 g/mol. The molecular formula is C19H18N4O2S. The van der Waals surface area contributed by atoms with E-state index < -0.39 is 0 Å². The monoisotopic (exact) mass is 366 g/mol. The van der Waals surface area contributed by atoms with Gasteiger partial charge in [0.1, 0.15) is 0 Å². The Morgan fingerprint density at radius 1 is 1.04 bits per heavy atom. The standard InChI is InChI=1S/C19H18N4O2S/c1-26-10-8-20-19(21-9-10)22-15-7-16(14-6-13(14)15)23-17(24)11-4-2-3-5-12(11)18(23)25/h2-5,8-9,13-16H,6-7H2,1H3,(H,20,21,22)/t13-,14+,15-,16-/m1/s1. The Labute approximate surface area is 155 Å². The molecule has 2 heterocycles. The smallest absolute Gasteiger partial charge is 0.261 e. The molecule has 7 heteroatoms. The lowest BCUT2D eigenvalue weighted by Gasteiger charge is -2.25. The van der Waals surface area contributed by atoms with E-state index in [9.17, 15) is 9.59 Å². The van der Waals surface area contributed by atoms with E-state index in [1.54, 1.807) is 36.3 Å². The summed E-state index contributed by atoms with van der Waals surface area (Å²) >= 11 is 1.61. The molecule has 2 fully saturated rings. The van der Waals surface area contributed by atoms with Crippen molar-refractivity contribution in [2.24, 2.45) is 11.8 Å². The topological polar surface area (TPSA) is 75.2 Å². The van der Waals surface area contributed by atoms with Crippen LogP contribution in [0.15, 0.2) is 41.6 Å². The summed E-state index contributed by atoms with van der Waals surface area (Å²) in [5.74, 6) is 1.18. The summed E-state index contributed by atoms with van der Waals surface area (Å²) in [5.41, 5.74) is 1.06. The predicted molar refractivity (Wildman–Crippen MR) is 98.2 cm³/mol. The van der Waals surface area contributed by atoms with Crippen LogP contribution >= 0.6 is 11.8 Å². The minimum atomic E-state index is -0.150. The van der Waals surface area contributed by atoms with E-state index in [0.717, 1.165) is 17.7 Å². The quantitative estimate of drug-likeness (QED) is 0.662. The van der Waals surface area contributed by atoms with Gasteiger partial charge in [0, 0.05) is 29.4 Å². The second kappa shape index (κ2) is 5.81. The van der Waals surface area contributed by atoms with E-state index in [2.05, 4.69) is 15.3 Å². The molecule has 0 unspecified atom stereocenters. The van der Waals surface area contributed by atoms with Crippen LogP contribution < -0.4 is 5.32 Å². The predicted octanol–water partition coefficient (Wildman–Crippen LogP) is 2.68. The third-order valence-corrected chi connectivity index (χ3v) is 6.42. The summed E-state index contributed by atoms with van der Waals surface area (Å²) in [6, 6.07) is 7.27. The molecule has 132 valence electrons. The molecule has 1 aromatic heterocycles. The Hall–Kier alpha value is -2.41. The molecule has 2 saturated carbocycles. The van der Waals surface area contributed by atoms with Gasteiger partial charge in [-0.1, -0.05) is 12.1 Å². The molecule has 1 aromatic carbocycles. The van der Waals surface area contributed by atoms with Gasteiger partial charge in [0.15, 0.2) is 0 Å². The second-order valence-corrected chi connectivity index (χ2v) is 7.97. The van der Waals surface area contributed by atoms with Crippen molar-refractivity contribution in [3.8, 4) is 0 Å². The van der Waals surface area contributed by atoms with Crippen molar-refractivity contribution in [1.29, 1.82) is 0 Å². The van der Waals surface area contributed by atoms with E-state index in [4.69, 9.17) is 0 Å². The number of amides is 2. The number of thioether (sulfide) groups is 1. The highest BCUT2D eigenvalue weighted by Gasteiger charge is 2.59. The number of hydrogen-bond acceptors (Lipinski definition) is 6. The average Bonchev–Trinajstić information content (AvgIpc) is 3.34. The zero-order chi connectivity index (χ0) is 17.8. The van der Waals surface area contributed by atoms with Crippen LogP contribution in [0.5, 0.6) is 0 Å². The Morgan fingerprint density at radius 2 is 1.69 bits per heavy atom. The first-order valence-electron chi connectivity index (χ1n) is 8.77. The highest BCUT2D eigenvalue weighted by molar-refractivity contribution is 7.98. The number of carbonyl (C=O) groups excluding carboxylic acids is 2. The van der Waals surface area contributed by atoms with Gasteiger partial charge < -0.3 is 5.32 Å². The summed E-state index contributed by atoms with van der Waals surface area (Å²) in [4.78, 5) is 36.7. The van der Waals surface area contributed by atoms with Crippen LogP contribution in [-0.4, -0.2) is 45.0 Å². The minimum absolute atomic E-state index is 0.0321. The van der Waals surface area contributed by atoms with Gasteiger partial charge in [-0.05, 0) is 43.1 Å². The lowest BCUT2D eigenvalue weighted by molar-refractivity contribution is 0.0569. The highest BCUT2D eigenvalue weighted by atomic mass is 32.2. The number of anilines is 1. The maximum Gasteiger partial charge on any atom is 0.261 e. The van der Waals surface area contributed by atoms with Crippen molar-refractivity contribution >= 4 is 29.5 Å². The van der Waals surface area contributed by atoms with Gasteiger partial charge in [-0.15, -0.1) is 11.8 Å². The highest BCUT2D eigenvalue weighted by Crippen LogP contribution is 2.55. The fourth-order valence-corrected chi connectivity index (χ4v) is 4.70. The molecule has 3 aliphatic rings. The van der Waals surface area contributed by atoms with Crippen LogP contribution in [0.1, 0.15) is 33.6 Å². The Balaban J connectivity index is 1.34. The number of rotatable bonds is 4. The second-order valence-electron chi connectivity index (χ2n) is 7.09. The first kappa shape index (κ1) is 15.8. The molecule has 0 saturated heterocycles. The molecule has 6 nitrogen and oxygen atoms in total. The van der Waals surface area contributed by atoms with Gasteiger partial charge >= 0.3 is 0 Å². The number of benzene rings is 1. The summed E-state index contributed by atoms with van der Waals surface area (Å²) in [5, 5.41) is 3.41. The zero-order valence-electron chi connectivity index (χ0n) is 14.3. The molecule has 2 amide bonds. The molecule has 1 aliphatic heterocycles. The van der Waals surface area contributed by atoms with E-state index in [1.165, 1.54) is 4.90 Å². The number of fused-ring (bicyclic) bond motifs is 2. The molecule has 0 bridgehead atoms. The zero-order valence-corrected chi connectivity index (χ0v) is 15.1. The molecule has 26 heavy (non-hydrogen) atoms. The van der Waals surface area contributed by atoms with Gasteiger partial charge in [-0.25, -0.2) is 9.97 Å². The van der Waals surface area contributed by atoms with E-state index in [0.29, 0.717) is 28.9 Å². The normalized spacial score (nSPS) is 28.9. The SMILES string of the molecule is CSc1cnc(N[C@@H]2C[C@@H](N3C(=O)c4ccccc4C3=O)[C@H]3C[C@H]32)nc1. The van der Waals surface area contributed by atoms with Gasteiger partial charge in [-0.2, -0.15) is 0 Å². The minimum Gasteiger partial charge on any atom is -0.351 e. The summed E-state index contributed by atoms with van der Waals surface area (Å²) < 4.78 is 0. The Bertz CT molecular complexity index is 866. The maximum absolute atomic E-state index is 12.8. The Morgan fingerprint density at radius 3 is 2.31 bits per heavy atom. The fraction of sp³-hybridized carbons (Fsp3) is 0.368. The number of aromatic nitrogens is 2. The van der Waals surface area contributed by atoms with Crippen molar-refractivity contribution in [3.05, 3.63) is 47.8 Å². The van der Waals surface area contributed by atoms with Crippen LogP contribution in [0.2, 0.25) is 0 Å². The molecule has 2 aromatic rings. The van der Waals surface area contributed by atoms with Crippen LogP contribution in [0, 0.1) is 11.8 Å². The molecule has 0 spiro atoms. The van der Waals surface area contributed by atoms with E-state index >= 15 is 0 Å². The van der Waals surface area contributed by atoms with Gasteiger partial charge in [0.05, 0.1) is 11.1 Å². The number of imide groups is 1.